The maximum Gasteiger partial charge on any atom is 0.338 e. The van der Waals surface area contributed by atoms with E-state index in [2.05, 4.69) is 5.32 Å². The van der Waals surface area contributed by atoms with Gasteiger partial charge in [0.1, 0.15) is 0 Å². The first-order chi connectivity index (χ1) is 11.7. The molecule has 2 aromatic rings. The molecule has 1 N–H and O–H groups in total. The number of benzene rings is 2. The highest BCUT2D eigenvalue weighted by Crippen LogP contribution is 2.25. The number of carbonyl (C=O) groups is 2. The van der Waals surface area contributed by atoms with Gasteiger partial charge in [0, 0.05) is 11.3 Å². The Morgan fingerprint density at radius 1 is 1.12 bits per heavy atom. The normalized spacial score (nSPS) is 11.0. The van der Waals surface area contributed by atoms with Crippen LogP contribution in [-0.2, 0) is 19.4 Å². The Kier molecular flexibility index (Phi) is 6.05. The average Bonchev–Trinajstić information content (AvgIpc) is 2.55. The molecule has 9 heteroatoms. The fraction of sp³-hybridized carbons (Fsp3) is 0.125. The van der Waals surface area contributed by atoms with E-state index in [0.29, 0.717) is 5.02 Å². The van der Waals surface area contributed by atoms with Gasteiger partial charge in [-0.15, -0.1) is 0 Å². The Bertz CT molecular complexity index is 928. The Labute approximate surface area is 154 Å². The van der Waals surface area contributed by atoms with Crippen LogP contribution in [0.15, 0.2) is 47.4 Å². The van der Waals surface area contributed by atoms with E-state index >= 15 is 0 Å². The van der Waals surface area contributed by atoms with Crippen molar-refractivity contribution in [1.82, 2.24) is 0 Å². The van der Waals surface area contributed by atoms with Crippen molar-refractivity contribution in [2.75, 3.05) is 18.2 Å². The van der Waals surface area contributed by atoms with Crippen molar-refractivity contribution < 1.29 is 22.7 Å². The first-order valence-electron chi connectivity index (χ1n) is 6.89. The molecule has 0 aliphatic heterocycles. The van der Waals surface area contributed by atoms with Gasteiger partial charge in [-0.2, -0.15) is 0 Å². The minimum atomic E-state index is -3.45. The van der Waals surface area contributed by atoms with Crippen LogP contribution < -0.4 is 5.32 Å². The molecule has 0 aliphatic carbocycles. The summed E-state index contributed by atoms with van der Waals surface area (Å²) in [6, 6.07) is 9.89. The molecule has 25 heavy (non-hydrogen) atoms. The minimum Gasteiger partial charge on any atom is -0.452 e. The Morgan fingerprint density at radius 3 is 2.52 bits per heavy atom. The largest absolute Gasteiger partial charge is 0.452 e. The smallest absolute Gasteiger partial charge is 0.338 e. The maximum absolute atomic E-state index is 12.0. The van der Waals surface area contributed by atoms with Crippen molar-refractivity contribution in [1.29, 1.82) is 0 Å². The van der Waals surface area contributed by atoms with E-state index in [4.69, 9.17) is 27.9 Å². The summed E-state index contributed by atoms with van der Waals surface area (Å²) in [5, 5.41) is 3.13. The number of anilines is 1. The summed E-state index contributed by atoms with van der Waals surface area (Å²) in [6.45, 7) is -0.565. The van der Waals surface area contributed by atoms with Gasteiger partial charge in [0.25, 0.3) is 5.91 Å². The van der Waals surface area contributed by atoms with Gasteiger partial charge in [-0.1, -0.05) is 29.3 Å². The highest BCUT2D eigenvalue weighted by molar-refractivity contribution is 7.90. The SMILES string of the molecule is CS(=O)(=O)c1cccc(C(=O)OCC(=O)Nc2cc(Cl)ccc2Cl)c1. The monoisotopic (exact) mass is 401 g/mol. The van der Waals surface area contributed by atoms with E-state index in [1.165, 1.54) is 36.4 Å². The lowest BCUT2D eigenvalue weighted by Crippen LogP contribution is -2.21. The number of rotatable bonds is 5. The topological polar surface area (TPSA) is 89.5 Å². The molecule has 0 radical (unpaired) electrons. The number of sulfone groups is 1. The van der Waals surface area contributed by atoms with Crippen molar-refractivity contribution in [2.45, 2.75) is 4.90 Å². The number of nitrogens with one attached hydrogen (secondary N) is 1. The van der Waals surface area contributed by atoms with Crippen LogP contribution in [0, 0.1) is 0 Å². The third-order valence-electron chi connectivity index (χ3n) is 3.03. The summed E-state index contributed by atoms with van der Waals surface area (Å²) in [5.74, 6) is -1.44. The van der Waals surface area contributed by atoms with Crippen molar-refractivity contribution in [3.8, 4) is 0 Å². The number of amides is 1. The zero-order valence-electron chi connectivity index (χ0n) is 13.0. The summed E-state index contributed by atoms with van der Waals surface area (Å²) in [5.41, 5.74) is 0.311. The third kappa shape index (κ3) is 5.45. The van der Waals surface area contributed by atoms with Crippen LogP contribution in [0.1, 0.15) is 10.4 Å². The van der Waals surface area contributed by atoms with E-state index in [-0.39, 0.29) is 21.2 Å². The third-order valence-corrected chi connectivity index (χ3v) is 4.71. The molecule has 2 rings (SSSR count). The lowest BCUT2D eigenvalue weighted by atomic mass is 10.2. The van der Waals surface area contributed by atoms with Gasteiger partial charge < -0.3 is 10.1 Å². The van der Waals surface area contributed by atoms with Crippen LogP contribution in [0.25, 0.3) is 0 Å². The van der Waals surface area contributed by atoms with Gasteiger partial charge in [0.05, 0.1) is 21.2 Å². The van der Waals surface area contributed by atoms with Gasteiger partial charge in [-0.3, -0.25) is 4.79 Å². The summed E-state index contributed by atoms with van der Waals surface area (Å²) >= 11 is 11.7. The van der Waals surface area contributed by atoms with Crippen LogP contribution in [-0.4, -0.2) is 33.2 Å². The Morgan fingerprint density at radius 2 is 1.84 bits per heavy atom. The second kappa shape index (κ2) is 7.86. The zero-order valence-corrected chi connectivity index (χ0v) is 15.3. The molecule has 0 aliphatic rings. The van der Waals surface area contributed by atoms with Crippen LogP contribution in [0.4, 0.5) is 5.69 Å². The molecule has 0 unspecified atom stereocenters. The second-order valence-electron chi connectivity index (χ2n) is 5.05. The van der Waals surface area contributed by atoms with E-state index in [9.17, 15) is 18.0 Å². The first-order valence-corrected chi connectivity index (χ1v) is 9.54. The van der Waals surface area contributed by atoms with E-state index in [1.807, 2.05) is 0 Å². The number of halogens is 2. The molecule has 0 aromatic heterocycles. The quantitative estimate of drug-likeness (QED) is 0.776. The number of carbonyl (C=O) groups excluding carboxylic acids is 2. The number of hydrogen-bond acceptors (Lipinski definition) is 5. The van der Waals surface area contributed by atoms with Crippen molar-refractivity contribution >= 4 is 50.6 Å². The summed E-state index contributed by atoms with van der Waals surface area (Å²) in [4.78, 5) is 23.8. The Hall–Kier alpha value is -2.09. The minimum absolute atomic E-state index is 0.0166. The number of esters is 1. The second-order valence-corrected chi connectivity index (χ2v) is 7.91. The molecule has 0 saturated carbocycles. The van der Waals surface area contributed by atoms with E-state index in [1.54, 1.807) is 6.07 Å². The standard InChI is InChI=1S/C16H13Cl2NO5S/c1-25(22,23)12-4-2-3-10(7-12)16(21)24-9-15(20)19-14-8-11(17)5-6-13(14)18/h2-8H,9H2,1H3,(H,19,20). The maximum atomic E-state index is 12.0. The molecule has 132 valence electrons. The van der Waals surface area contributed by atoms with Crippen LogP contribution in [0.2, 0.25) is 10.0 Å². The van der Waals surface area contributed by atoms with Crippen molar-refractivity contribution in [3.05, 3.63) is 58.1 Å². The highest BCUT2D eigenvalue weighted by atomic mass is 35.5. The molecule has 0 saturated heterocycles. The average molecular weight is 402 g/mol. The molecular weight excluding hydrogens is 389 g/mol. The Balaban J connectivity index is 2.00. The lowest BCUT2D eigenvalue weighted by Gasteiger charge is -2.09. The summed E-state index contributed by atoms with van der Waals surface area (Å²) in [6.07, 6.45) is 1.03. The fourth-order valence-corrected chi connectivity index (χ4v) is 2.85. The predicted octanol–water partition coefficient (Wildman–Crippen LogP) is 3.19. The van der Waals surface area contributed by atoms with Gasteiger partial charge in [0.15, 0.2) is 16.4 Å². The number of hydrogen-bond donors (Lipinski definition) is 1. The molecule has 0 heterocycles. The lowest BCUT2D eigenvalue weighted by molar-refractivity contribution is -0.119. The van der Waals surface area contributed by atoms with E-state index in [0.717, 1.165) is 6.26 Å². The zero-order chi connectivity index (χ0) is 18.6. The number of ether oxygens (including phenoxy) is 1. The van der Waals surface area contributed by atoms with Crippen molar-refractivity contribution in [2.24, 2.45) is 0 Å². The van der Waals surface area contributed by atoms with Crippen LogP contribution in [0.3, 0.4) is 0 Å². The summed E-state index contributed by atoms with van der Waals surface area (Å²) < 4.78 is 27.9. The van der Waals surface area contributed by atoms with Crippen molar-refractivity contribution in [3.63, 3.8) is 0 Å². The molecule has 0 atom stereocenters. The van der Waals surface area contributed by atoms with Gasteiger partial charge >= 0.3 is 5.97 Å². The first kappa shape index (κ1) is 19.2. The molecule has 0 spiro atoms. The molecule has 6 nitrogen and oxygen atoms in total. The van der Waals surface area contributed by atoms with Crippen LogP contribution in [0.5, 0.6) is 0 Å². The van der Waals surface area contributed by atoms with Gasteiger partial charge in [0.2, 0.25) is 0 Å². The molecular formula is C16H13Cl2NO5S. The summed E-state index contributed by atoms with van der Waals surface area (Å²) in [7, 11) is -3.45. The highest BCUT2D eigenvalue weighted by Gasteiger charge is 2.14. The van der Waals surface area contributed by atoms with Crippen LogP contribution >= 0.6 is 23.2 Å². The molecule has 1 amide bonds. The molecule has 0 fully saturated rings. The fourth-order valence-electron chi connectivity index (χ4n) is 1.85. The predicted molar refractivity (Wildman–Crippen MR) is 94.9 cm³/mol. The molecule has 2 aromatic carbocycles. The van der Waals surface area contributed by atoms with Gasteiger partial charge in [-0.05, 0) is 36.4 Å². The van der Waals surface area contributed by atoms with E-state index < -0.39 is 28.3 Å². The van der Waals surface area contributed by atoms with Gasteiger partial charge in [-0.25, -0.2) is 13.2 Å². The molecule has 0 bridgehead atoms.